The van der Waals surface area contributed by atoms with E-state index in [2.05, 4.69) is 68.1 Å². The molecule has 0 unspecified atom stereocenters. The largest absolute Gasteiger partial charge is 0.393 e. The summed E-state index contributed by atoms with van der Waals surface area (Å²) in [4.78, 5) is 3.00. The smallest absolute Gasteiger partial charge is 0.0785 e. The molecule has 2 aromatic rings. The van der Waals surface area contributed by atoms with E-state index in [4.69, 9.17) is 18.0 Å². The summed E-state index contributed by atoms with van der Waals surface area (Å²) < 4.78 is 0. The fraction of sp³-hybridized carbons (Fsp3) is 0.389. The molecule has 0 aliphatic carbocycles. The Kier molecular flexibility index (Phi) is 4.84. The molecule has 0 aliphatic rings. The van der Waals surface area contributed by atoms with Gasteiger partial charge in [0.05, 0.1) is 4.99 Å². The van der Waals surface area contributed by atoms with Crippen LogP contribution in [-0.2, 0) is 0 Å². The number of rotatable bonds is 6. The molecule has 2 N–H and O–H groups in total. The summed E-state index contributed by atoms with van der Waals surface area (Å²) >= 11 is 5.17. The number of anilines is 1. The number of thiocarbonyl (C=S) groups is 1. The molecule has 0 saturated heterocycles. The molecule has 0 saturated carbocycles. The Labute approximate surface area is 132 Å². The van der Waals surface area contributed by atoms with Crippen molar-refractivity contribution in [3.63, 3.8) is 0 Å². The molecule has 0 heterocycles. The number of nitrogens with two attached hydrogens (primary N) is 1. The molecule has 2 rings (SSSR count). The van der Waals surface area contributed by atoms with Crippen molar-refractivity contribution >= 4 is 33.7 Å². The lowest BCUT2D eigenvalue weighted by molar-refractivity contribution is 0.477. The number of benzene rings is 2. The normalized spacial score (nSPS) is 11.6. The molecule has 2 nitrogen and oxygen atoms in total. The summed E-state index contributed by atoms with van der Waals surface area (Å²) in [5.41, 5.74) is 7.02. The minimum atomic E-state index is -0.104. The lowest BCUT2D eigenvalue weighted by atomic mass is 9.89. The molecule has 0 radical (unpaired) electrons. The molecule has 2 aromatic carbocycles. The van der Waals surface area contributed by atoms with Crippen molar-refractivity contribution in [1.82, 2.24) is 0 Å². The van der Waals surface area contributed by atoms with Gasteiger partial charge < -0.3 is 10.6 Å². The molecule has 0 bridgehead atoms. The number of hydrogen-bond donors (Lipinski definition) is 1. The van der Waals surface area contributed by atoms with Gasteiger partial charge in [0, 0.05) is 29.6 Å². The number of fused-ring (bicyclic) bond motifs is 1. The van der Waals surface area contributed by atoms with E-state index >= 15 is 0 Å². The second kappa shape index (κ2) is 6.44. The molecule has 0 amide bonds. The maximum absolute atomic E-state index is 5.84. The summed E-state index contributed by atoms with van der Waals surface area (Å²) in [5, 5.41) is 2.58. The van der Waals surface area contributed by atoms with E-state index < -0.39 is 0 Å². The highest BCUT2D eigenvalue weighted by Crippen LogP contribution is 2.28. The van der Waals surface area contributed by atoms with Crippen molar-refractivity contribution in [3.05, 3.63) is 42.5 Å². The second-order valence-corrected chi connectivity index (χ2v) is 6.52. The van der Waals surface area contributed by atoms with Gasteiger partial charge in [-0.1, -0.05) is 62.5 Å². The summed E-state index contributed by atoms with van der Waals surface area (Å²) in [5.74, 6) is 0. The summed E-state index contributed by atoms with van der Waals surface area (Å²) in [6.45, 7) is 8.35. The Hall–Kier alpha value is -1.61. The van der Waals surface area contributed by atoms with Crippen molar-refractivity contribution in [1.29, 1.82) is 0 Å². The van der Waals surface area contributed by atoms with Gasteiger partial charge >= 0.3 is 0 Å². The van der Waals surface area contributed by atoms with E-state index in [0.29, 0.717) is 4.99 Å². The highest BCUT2D eigenvalue weighted by molar-refractivity contribution is 7.80. The Morgan fingerprint density at radius 1 is 1.14 bits per heavy atom. The first-order valence-electron chi connectivity index (χ1n) is 7.48. The predicted octanol–water partition coefficient (Wildman–Crippen LogP) is 4.37. The fourth-order valence-electron chi connectivity index (χ4n) is 2.47. The average molecular weight is 300 g/mol. The van der Waals surface area contributed by atoms with Crippen LogP contribution in [0.5, 0.6) is 0 Å². The first kappa shape index (κ1) is 15.8. The van der Waals surface area contributed by atoms with Crippen LogP contribution in [0.3, 0.4) is 0 Å². The molecule has 0 fully saturated rings. The Morgan fingerprint density at radius 2 is 1.81 bits per heavy atom. The highest BCUT2D eigenvalue weighted by atomic mass is 32.1. The highest BCUT2D eigenvalue weighted by Gasteiger charge is 2.22. The minimum Gasteiger partial charge on any atom is -0.393 e. The SMILES string of the molecule is CCN(CCC(C)(C)C(N)=S)c1cccc2ccccc12. The Morgan fingerprint density at radius 3 is 2.48 bits per heavy atom. The van der Waals surface area contributed by atoms with Crippen molar-refractivity contribution in [2.24, 2.45) is 11.1 Å². The van der Waals surface area contributed by atoms with Gasteiger partial charge in [0.25, 0.3) is 0 Å². The van der Waals surface area contributed by atoms with E-state index in [9.17, 15) is 0 Å². The van der Waals surface area contributed by atoms with Gasteiger partial charge in [-0.3, -0.25) is 0 Å². The van der Waals surface area contributed by atoms with Gasteiger partial charge in [0.1, 0.15) is 0 Å². The first-order chi connectivity index (χ1) is 9.95. The van der Waals surface area contributed by atoms with E-state index in [1.165, 1.54) is 16.5 Å². The molecular weight excluding hydrogens is 276 g/mol. The van der Waals surface area contributed by atoms with E-state index in [0.717, 1.165) is 19.5 Å². The van der Waals surface area contributed by atoms with Crippen LogP contribution in [0, 0.1) is 5.41 Å². The molecule has 3 heteroatoms. The van der Waals surface area contributed by atoms with Gasteiger partial charge in [-0.2, -0.15) is 0 Å². The van der Waals surface area contributed by atoms with Crippen LogP contribution in [0.2, 0.25) is 0 Å². The van der Waals surface area contributed by atoms with Gasteiger partial charge in [-0.25, -0.2) is 0 Å². The average Bonchev–Trinajstić information content (AvgIpc) is 2.47. The number of nitrogens with zero attached hydrogens (tertiary/aromatic N) is 1. The monoisotopic (exact) mass is 300 g/mol. The summed E-state index contributed by atoms with van der Waals surface area (Å²) in [6.07, 6.45) is 0.958. The minimum absolute atomic E-state index is 0.104. The van der Waals surface area contributed by atoms with Crippen molar-refractivity contribution < 1.29 is 0 Å². The molecule has 112 valence electrons. The number of hydrogen-bond acceptors (Lipinski definition) is 2. The maximum Gasteiger partial charge on any atom is 0.0785 e. The van der Waals surface area contributed by atoms with Crippen LogP contribution in [-0.4, -0.2) is 18.1 Å². The topological polar surface area (TPSA) is 29.3 Å². The summed E-state index contributed by atoms with van der Waals surface area (Å²) in [6, 6.07) is 15.0. The van der Waals surface area contributed by atoms with Gasteiger partial charge in [0.2, 0.25) is 0 Å². The zero-order valence-electron chi connectivity index (χ0n) is 13.1. The van der Waals surface area contributed by atoms with Gasteiger partial charge in [0.15, 0.2) is 0 Å². The van der Waals surface area contributed by atoms with E-state index in [1.807, 2.05) is 0 Å². The van der Waals surface area contributed by atoms with Crippen LogP contribution in [0.15, 0.2) is 42.5 Å². The van der Waals surface area contributed by atoms with Gasteiger partial charge in [-0.05, 0) is 24.8 Å². The van der Waals surface area contributed by atoms with Crippen LogP contribution in [0.1, 0.15) is 27.2 Å². The van der Waals surface area contributed by atoms with Crippen LogP contribution < -0.4 is 10.6 Å². The maximum atomic E-state index is 5.84. The molecule has 21 heavy (non-hydrogen) atoms. The Balaban J connectivity index is 2.26. The van der Waals surface area contributed by atoms with E-state index in [-0.39, 0.29) is 5.41 Å². The van der Waals surface area contributed by atoms with Crippen molar-refractivity contribution in [2.75, 3.05) is 18.0 Å². The zero-order chi connectivity index (χ0) is 15.5. The third-order valence-electron chi connectivity index (χ3n) is 4.16. The van der Waals surface area contributed by atoms with Crippen molar-refractivity contribution in [3.8, 4) is 0 Å². The van der Waals surface area contributed by atoms with Gasteiger partial charge in [-0.15, -0.1) is 0 Å². The molecule has 0 aliphatic heterocycles. The summed E-state index contributed by atoms with van der Waals surface area (Å²) in [7, 11) is 0. The molecule has 0 aromatic heterocycles. The van der Waals surface area contributed by atoms with E-state index in [1.54, 1.807) is 0 Å². The third-order valence-corrected chi connectivity index (χ3v) is 4.72. The first-order valence-corrected chi connectivity index (χ1v) is 7.89. The lowest BCUT2D eigenvalue weighted by Gasteiger charge is -2.30. The second-order valence-electron chi connectivity index (χ2n) is 6.08. The van der Waals surface area contributed by atoms with Crippen LogP contribution >= 0.6 is 12.2 Å². The van der Waals surface area contributed by atoms with Crippen LogP contribution in [0.25, 0.3) is 10.8 Å². The standard InChI is InChI=1S/C18H24N2S/c1-4-20(13-12-18(2,3)17(19)21)16-11-7-9-14-8-5-6-10-15(14)16/h5-11H,4,12-13H2,1-3H3,(H2,19,21). The molecular formula is C18H24N2S. The van der Waals surface area contributed by atoms with Crippen LogP contribution in [0.4, 0.5) is 5.69 Å². The molecule has 0 atom stereocenters. The zero-order valence-corrected chi connectivity index (χ0v) is 13.9. The molecule has 0 spiro atoms. The Bertz CT molecular complexity index is 629. The lowest BCUT2D eigenvalue weighted by Crippen LogP contribution is -2.35. The fourth-order valence-corrected chi connectivity index (χ4v) is 2.57. The third kappa shape index (κ3) is 3.53. The predicted molar refractivity (Wildman–Crippen MR) is 97.0 cm³/mol. The van der Waals surface area contributed by atoms with Crippen molar-refractivity contribution in [2.45, 2.75) is 27.2 Å². The quantitative estimate of drug-likeness (QED) is 0.803.